The number of hydrogen-bond donors (Lipinski definition) is 1. The average Bonchev–Trinajstić information content (AvgIpc) is 2.48. The Kier molecular flexibility index (Phi) is 5.44. The standard InChI is InChI=1S/C17H21NO3S/c1-3-4-12-21-16-7-5-6-15(13-16)18-22(19,20)17-10-8-14(2)9-11-17/h5-11,13,18H,3-4,12H2,1-2H3. The third kappa shape index (κ3) is 4.49. The number of aryl methyl sites for hydroxylation is 1. The second kappa shape index (κ2) is 7.31. The Labute approximate surface area is 132 Å². The molecule has 0 spiro atoms. The molecule has 0 heterocycles. The van der Waals surface area contributed by atoms with Crippen LogP contribution in [0.1, 0.15) is 25.3 Å². The van der Waals surface area contributed by atoms with Gasteiger partial charge in [-0.05, 0) is 37.6 Å². The first-order valence-corrected chi connectivity index (χ1v) is 8.82. The SMILES string of the molecule is CCCCOc1cccc(NS(=O)(=O)c2ccc(C)cc2)c1. The summed E-state index contributed by atoms with van der Waals surface area (Å²) < 4.78 is 32.8. The summed E-state index contributed by atoms with van der Waals surface area (Å²) in [6, 6.07) is 13.7. The molecule has 0 unspecified atom stereocenters. The second-order valence-electron chi connectivity index (χ2n) is 5.15. The van der Waals surface area contributed by atoms with E-state index in [4.69, 9.17) is 4.74 Å². The van der Waals surface area contributed by atoms with Gasteiger partial charge in [0, 0.05) is 6.07 Å². The zero-order chi connectivity index (χ0) is 16.0. The summed E-state index contributed by atoms with van der Waals surface area (Å²) in [5, 5.41) is 0. The Morgan fingerprint density at radius 2 is 1.82 bits per heavy atom. The van der Waals surface area contributed by atoms with Crippen molar-refractivity contribution in [2.75, 3.05) is 11.3 Å². The van der Waals surface area contributed by atoms with E-state index in [2.05, 4.69) is 11.6 Å². The molecule has 2 aromatic carbocycles. The molecule has 0 aromatic heterocycles. The van der Waals surface area contributed by atoms with Gasteiger partial charge in [0.2, 0.25) is 0 Å². The van der Waals surface area contributed by atoms with Crippen molar-refractivity contribution in [3.63, 3.8) is 0 Å². The number of hydrogen-bond acceptors (Lipinski definition) is 3. The van der Waals surface area contributed by atoms with Crippen LogP contribution in [0.5, 0.6) is 5.75 Å². The molecule has 22 heavy (non-hydrogen) atoms. The Hall–Kier alpha value is -2.01. The van der Waals surface area contributed by atoms with Gasteiger partial charge in [0.15, 0.2) is 0 Å². The van der Waals surface area contributed by atoms with Gasteiger partial charge in [0.25, 0.3) is 10.0 Å². The van der Waals surface area contributed by atoms with Crippen molar-refractivity contribution >= 4 is 15.7 Å². The van der Waals surface area contributed by atoms with Crippen molar-refractivity contribution in [1.82, 2.24) is 0 Å². The summed E-state index contributed by atoms with van der Waals surface area (Å²) in [7, 11) is -3.58. The van der Waals surface area contributed by atoms with Crippen molar-refractivity contribution in [3.05, 3.63) is 54.1 Å². The number of anilines is 1. The molecule has 1 N–H and O–H groups in total. The molecule has 0 aliphatic rings. The largest absolute Gasteiger partial charge is 0.494 e. The molecule has 2 aromatic rings. The molecule has 0 saturated carbocycles. The third-order valence-electron chi connectivity index (χ3n) is 3.18. The zero-order valence-corrected chi connectivity index (χ0v) is 13.7. The molecular weight excluding hydrogens is 298 g/mol. The molecule has 0 atom stereocenters. The summed E-state index contributed by atoms with van der Waals surface area (Å²) in [6.45, 7) is 4.64. The Bertz CT molecular complexity index is 709. The molecule has 0 radical (unpaired) electrons. The van der Waals surface area contributed by atoms with Gasteiger partial charge < -0.3 is 4.74 Å². The summed E-state index contributed by atoms with van der Waals surface area (Å²) in [5.74, 6) is 0.664. The van der Waals surface area contributed by atoms with Crippen LogP contribution < -0.4 is 9.46 Å². The molecule has 0 saturated heterocycles. The number of unbranched alkanes of at least 4 members (excludes halogenated alkanes) is 1. The minimum atomic E-state index is -3.58. The van der Waals surface area contributed by atoms with Crippen LogP contribution in [0.15, 0.2) is 53.4 Å². The lowest BCUT2D eigenvalue weighted by Gasteiger charge is -2.10. The molecule has 2 rings (SSSR count). The quantitative estimate of drug-likeness (QED) is 0.786. The molecule has 118 valence electrons. The van der Waals surface area contributed by atoms with Gasteiger partial charge in [-0.2, -0.15) is 0 Å². The molecule has 4 nitrogen and oxygen atoms in total. The molecule has 0 aliphatic heterocycles. The van der Waals surface area contributed by atoms with Gasteiger partial charge in [0.1, 0.15) is 5.75 Å². The second-order valence-corrected chi connectivity index (χ2v) is 6.83. The predicted octanol–water partition coefficient (Wildman–Crippen LogP) is 3.97. The third-order valence-corrected chi connectivity index (χ3v) is 4.58. The molecule has 0 aliphatic carbocycles. The smallest absolute Gasteiger partial charge is 0.261 e. The van der Waals surface area contributed by atoms with Gasteiger partial charge in [-0.25, -0.2) is 8.42 Å². The lowest BCUT2D eigenvalue weighted by atomic mass is 10.2. The van der Waals surface area contributed by atoms with E-state index in [1.165, 1.54) is 0 Å². The highest BCUT2D eigenvalue weighted by molar-refractivity contribution is 7.92. The van der Waals surface area contributed by atoms with E-state index in [0.717, 1.165) is 18.4 Å². The van der Waals surface area contributed by atoms with Crippen LogP contribution >= 0.6 is 0 Å². The van der Waals surface area contributed by atoms with Crippen LogP contribution in [0.3, 0.4) is 0 Å². The number of rotatable bonds is 7. The van der Waals surface area contributed by atoms with Gasteiger partial charge in [-0.3, -0.25) is 4.72 Å². The van der Waals surface area contributed by atoms with E-state index in [9.17, 15) is 8.42 Å². The first kappa shape index (κ1) is 16.4. The van der Waals surface area contributed by atoms with E-state index in [-0.39, 0.29) is 4.90 Å². The normalized spacial score (nSPS) is 11.2. The minimum absolute atomic E-state index is 0.246. The predicted molar refractivity (Wildman–Crippen MR) is 88.8 cm³/mol. The van der Waals surface area contributed by atoms with Gasteiger partial charge in [-0.1, -0.05) is 37.1 Å². The Morgan fingerprint density at radius 1 is 1.09 bits per heavy atom. The first-order chi connectivity index (χ1) is 10.5. The van der Waals surface area contributed by atoms with Crippen molar-refractivity contribution in [1.29, 1.82) is 0 Å². The number of sulfonamides is 1. The zero-order valence-electron chi connectivity index (χ0n) is 12.9. The summed E-state index contributed by atoms with van der Waals surface area (Å²) in [5.41, 5.74) is 1.51. The van der Waals surface area contributed by atoms with E-state index < -0.39 is 10.0 Å². The van der Waals surface area contributed by atoms with E-state index in [1.54, 1.807) is 42.5 Å². The molecule has 0 fully saturated rings. The average molecular weight is 319 g/mol. The van der Waals surface area contributed by atoms with Gasteiger partial charge in [-0.15, -0.1) is 0 Å². The maximum Gasteiger partial charge on any atom is 0.261 e. The van der Waals surface area contributed by atoms with E-state index in [0.29, 0.717) is 18.0 Å². The highest BCUT2D eigenvalue weighted by Gasteiger charge is 2.14. The van der Waals surface area contributed by atoms with Crippen molar-refractivity contribution in [3.8, 4) is 5.75 Å². The molecular formula is C17H21NO3S. The highest BCUT2D eigenvalue weighted by Crippen LogP contribution is 2.21. The molecule has 0 amide bonds. The van der Waals surface area contributed by atoms with E-state index >= 15 is 0 Å². The van der Waals surface area contributed by atoms with Crippen LogP contribution in [-0.2, 0) is 10.0 Å². The maximum atomic E-state index is 12.3. The van der Waals surface area contributed by atoms with Crippen LogP contribution in [0.25, 0.3) is 0 Å². The van der Waals surface area contributed by atoms with Gasteiger partial charge in [0.05, 0.1) is 17.2 Å². The minimum Gasteiger partial charge on any atom is -0.494 e. The number of nitrogens with one attached hydrogen (secondary N) is 1. The number of ether oxygens (including phenoxy) is 1. The molecule has 0 bridgehead atoms. The molecule has 5 heteroatoms. The monoisotopic (exact) mass is 319 g/mol. The van der Waals surface area contributed by atoms with Crippen LogP contribution in [0, 0.1) is 6.92 Å². The fraction of sp³-hybridized carbons (Fsp3) is 0.294. The summed E-state index contributed by atoms with van der Waals surface area (Å²) in [6.07, 6.45) is 2.03. The fourth-order valence-corrected chi connectivity index (χ4v) is 2.96. The number of benzene rings is 2. The summed E-state index contributed by atoms with van der Waals surface area (Å²) in [4.78, 5) is 0.246. The Morgan fingerprint density at radius 3 is 2.50 bits per heavy atom. The lowest BCUT2D eigenvalue weighted by Crippen LogP contribution is -2.13. The van der Waals surface area contributed by atoms with Crippen LogP contribution in [0.4, 0.5) is 5.69 Å². The fourth-order valence-electron chi connectivity index (χ4n) is 1.92. The summed E-state index contributed by atoms with van der Waals surface area (Å²) >= 11 is 0. The van der Waals surface area contributed by atoms with Crippen molar-refractivity contribution < 1.29 is 13.2 Å². The van der Waals surface area contributed by atoms with Crippen molar-refractivity contribution in [2.45, 2.75) is 31.6 Å². The Balaban J connectivity index is 2.12. The van der Waals surface area contributed by atoms with Crippen LogP contribution in [-0.4, -0.2) is 15.0 Å². The van der Waals surface area contributed by atoms with Gasteiger partial charge >= 0.3 is 0 Å². The van der Waals surface area contributed by atoms with E-state index in [1.807, 2.05) is 13.0 Å². The van der Waals surface area contributed by atoms with Crippen LogP contribution in [0.2, 0.25) is 0 Å². The van der Waals surface area contributed by atoms with Crippen molar-refractivity contribution in [2.24, 2.45) is 0 Å². The topological polar surface area (TPSA) is 55.4 Å². The maximum absolute atomic E-state index is 12.3. The first-order valence-electron chi connectivity index (χ1n) is 7.33. The lowest BCUT2D eigenvalue weighted by molar-refractivity contribution is 0.309. The highest BCUT2D eigenvalue weighted by atomic mass is 32.2.